The van der Waals surface area contributed by atoms with Gasteiger partial charge < -0.3 is 9.47 Å². The maximum absolute atomic E-state index is 15.4. The number of rotatable bonds is 6. The Morgan fingerprint density at radius 2 is 1.76 bits per heavy atom. The van der Waals surface area contributed by atoms with E-state index in [2.05, 4.69) is 10.2 Å². The number of nitrogens with zero attached hydrogens (tertiary/aromatic N) is 2. The highest BCUT2D eigenvalue weighted by Crippen LogP contribution is 2.56. The van der Waals surface area contributed by atoms with Gasteiger partial charge in [-0.15, -0.1) is 5.10 Å². The van der Waals surface area contributed by atoms with Crippen molar-refractivity contribution in [2.24, 2.45) is 5.92 Å². The number of hydrogen-bond acceptors (Lipinski definition) is 8. The molecule has 37 heavy (non-hydrogen) atoms. The van der Waals surface area contributed by atoms with Crippen molar-refractivity contribution >= 4 is 31.3 Å². The topological polar surface area (TPSA) is 113 Å². The minimum Gasteiger partial charge on any atom is -0.490 e. The van der Waals surface area contributed by atoms with E-state index in [1.807, 2.05) is 0 Å². The molecule has 8 nitrogen and oxygen atoms in total. The molecule has 0 saturated carbocycles. The third-order valence-corrected chi connectivity index (χ3v) is 11.3. The smallest absolute Gasteiger partial charge is 0.197 e. The molecular weight excluding hydrogens is 550 g/mol. The maximum atomic E-state index is 15.4. The Morgan fingerprint density at radius 3 is 2.46 bits per heavy atom. The van der Waals surface area contributed by atoms with Gasteiger partial charge in [-0.2, -0.15) is 5.10 Å². The van der Waals surface area contributed by atoms with E-state index in [0.29, 0.717) is 5.02 Å². The van der Waals surface area contributed by atoms with Gasteiger partial charge in [0, 0.05) is 23.7 Å². The number of benzene rings is 2. The molecule has 0 amide bonds. The highest BCUT2D eigenvalue weighted by molar-refractivity contribution is 7.92. The van der Waals surface area contributed by atoms with Crippen molar-refractivity contribution < 1.29 is 35.1 Å². The fourth-order valence-corrected chi connectivity index (χ4v) is 8.84. The predicted molar refractivity (Wildman–Crippen MR) is 129 cm³/mol. The summed E-state index contributed by atoms with van der Waals surface area (Å²) in [5.74, 6) is -3.77. The summed E-state index contributed by atoms with van der Waals surface area (Å²) in [6, 6.07) is 9.88. The predicted octanol–water partition coefficient (Wildman–Crippen LogP) is 3.74. The molecule has 2 aliphatic heterocycles. The zero-order valence-corrected chi connectivity index (χ0v) is 21.6. The molecule has 3 heterocycles. The number of ether oxygens (including phenoxy) is 2. The lowest BCUT2D eigenvalue weighted by molar-refractivity contribution is -0.0732. The van der Waals surface area contributed by atoms with Gasteiger partial charge in [-0.25, -0.2) is 25.6 Å². The van der Waals surface area contributed by atoms with Crippen LogP contribution >= 0.6 is 11.6 Å². The molecule has 13 heteroatoms. The third-order valence-electron chi connectivity index (χ3n) is 6.88. The molecule has 1 saturated heterocycles. The first-order valence-corrected chi connectivity index (χ1v) is 14.8. The van der Waals surface area contributed by atoms with E-state index in [1.165, 1.54) is 42.6 Å². The number of aromatic nitrogens is 2. The molecule has 196 valence electrons. The van der Waals surface area contributed by atoms with Crippen molar-refractivity contribution in [3.05, 3.63) is 76.9 Å². The minimum absolute atomic E-state index is 0.128. The Labute approximate surface area is 217 Å². The minimum atomic E-state index is -4.39. The molecule has 0 spiro atoms. The van der Waals surface area contributed by atoms with Crippen LogP contribution in [0, 0.1) is 17.6 Å². The van der Waals surface area contributed by atoms with Gasteiger partial charge in [0.15, 0.2) is 36.3 Å². The molecule has 3 aromatic rings. The van der Waals surface area contributed by atoms with Crippen molar-refractivity contribution in [2.75, 3.05) is 19.0 Å². The van der Waals surface area contributed by atoms with Crippen LogP contribution in [0.15, 0.2) is 64.6 Å². The summed E-state index contributed by atoms with van der Waals surface area (Å²) in [5, 5.41) is 7.31. The molecule has 3 atom stereocenters. The first-order valence-electron chi connectivity index (χ1n) is 11.3. The highest BCUT2D eigenvalue weighted by Gasteiger charge is 2.61. The zero-order chi connectivity index (χ0) is 26.4. The van der Waals surface area contributed by atoms with Crippen LogP contribution in [0.2, 0.25) is 5.02 Å². The quantitative estimate of drug-likeness (QED) is 0.440. The van der Waals surface area contributed by atoms with Crippen LogP contribution in [0.1, 0.15) is 18.4 Å². The first-order chi connectivity index (χ1) is 17.6. The van der Waals surface area contributed by atoms with Gasteiger partial charge in [-0.05, 0) is 61.4 Å². The van der Waals surface area contributed by atoms with Gasteiger partial charge in [0.05, 0.1) is 28.9 Å². The van der Waals surface area contributed by atoms with Gasteiger partial charge in [0.2, 0.25) is 0 Å². The van der Waals surface area contributed by atoms with E-state index in [9.17, 15) is 21.2 Å². The number of hydrogen-bond donors (Lipinski definition) is 0. The van der Waals surface area contributed by atoms with Gasteiger partial charge >= 0.3 is 0 Å². The lowest BCUT2D eigenvalue weighted by Crippen LogP contribution is -2.57. The standard InChI is InChI=1S/C24H21ClF2N2O6S2/c25-15-3-5-16(6-4-15)37(32,33)24-10-12-34-20(9-13-36(30,31)21-2-1-11-28-29-21)17(24)14-35-23-19(27)8-7-18(26)22(23)24/h1-8,11,17,20H,9-10,12-14H2/t17?,20-,24-/m0/s1. The van der Waals surface area contributed by atoms with E-state index in [0.717, 1.165) is 12.1 Å². The van der Waals surface area contributed by atoms with Crippen molar-refractivity contribution in [2.45, 2.75) is 33.6 Å². The normalized spacial score (nSPS) is 23.5. The average molecular weight is 571 g/mol. The Hall–Kier alpha value is -2.67. The second kappa shape index (κ2) is 9.57. The molecular formula is C24H21ClF2N2O6S2. The molecule has 0 aliphatic carbocycles. The fourth-order valence-electron chi connectivity index (χ4n) is 5.16. The Kier molecular flexibility index (Phi) is 6.71. The molecule has 0 radical (unpaired) electrons. The van der Waals surface area contributed by atoms with Crippen LogP contribution in [-0.4, -0.2) is 52.1 Å². The number of sulfone groups is 2. The van der Waals surface area contributed by atoms with Crippen LogP contribution < -0.4 is 4.74 Å². The van der Waals surface area contributed by atoms with Crippen molar-refractivity contribution in [3.8, 4) is 5.75 Å². The summed E-state index contributed by atoms with van der Waals surface area (Å²) in [5.41, 5.74) is -0.413. The van der Waals surface area contributed by atoms with Gasteiger partial charge in [0.25, 0.3) is 0 Å². The molecule has 0 N–H and O–H groups in total. The Bertz CT molecular complexity index is 1540. The summed E-state index contributed by atoms with van der Waals surface area (Å²) < 4.78 is 93.9. The lowest BCUT2D eigenvalue weighted by Gasteiger charge is -2.50. The summed E-state index contributed by atoms with van der Waals surface area (Å²) in [6.45, 7) is -0.454. The van der Waals surface area contributed by atoms with Crippen LogP contribution in [-0.2, 0) is 29.2 Å². The third kappa shape index (κ3) is 4.29. The second-order valence-electron chi connectivity index (χ2n) is 8.83. The molecule has 0 bridgehead atoms. The summed E-state index contributed by atoms with van der Waals surface area (Å²) >= 11 is 5.96. The van der Waals surface area contributed by atoms with Gasteiger partial charge in [0.1, 0.15) is 10.6 Å². The van der Waals surface area contributed by atoms with Crippen molar-refractivity contribution in [3.63, 3.8) is 0 Å². The lowest BCUT2D eigenvalue weighted by atomic mass is 9.75. The van der Waals surface area contributed by atoms with Crippen LogP contribution in [0.4, 0.5) is 8.78 Å². The maximum Gasteiger partial charge on any atom is 0.197 e. The van der Waals surface area contributed by atoms with E-state index >= 15 is 4.39 Å². The van der Waals surface area contributed by atoms with Crippen molar-refractivity contribution in [1.29, 1.82) is 0 Å². The summed E-state index contributed by atoms with van der Waals surface area (Å²) in [4.78, 5) is -0.133. The molecule has 1 fully saturated rings. The van der Waals surface area contributed by atoms with E-state index in [4.69, 9.17) is 21.1 Å². The average Bonchev–Trinajstić information content (AvgIpc) is 2.89. The number of halogens is 3. The molecule has 1 aromatic heterocycles. The van der Waals surface area contributed by atoms with Crippen LogP contribution in [0.3, 0.4) is 0 Å². The highest BCUT2D eigenvalue weighted by atomic mass is 35.5. The summed E-state index contributed by atoms with van der Waals surface area (Å²) in [7, 11) is -8.27. The van der Waals surface area contributed by atoms with Crippen LogP contribution in [0.5, 0.6) is 5.75 Å². The van der Waals surface area contributed by atoms with E-state index in [1.54, 1.807) is 0 Å². The second-order valence-corrected chi connectivity index (χ2v) is 13.5. The Balaban J connectivity index is 1.62. The van der Waals surface area contributed by atoms with Crippen molar-refractivity contribution in [1.82, 2.24) is 10.2 Å². The van der Waals surface area contributed by atoms with E-state index in [-0.39, 0.29) is 36.0 Å². The van der Waals surface area contributed by atoms with Crippen LogP contribution in [0.25, 0.3) is 0 Å². The number of fused-ring (bicyclic) bond motifs is 3. The largest absolute Gasteiger partial charge is 0.490 e. The molecule has 5 rings (SSSR count). The summed E-state index contributed by atoms with van der Waals surface area (Å²) in [6.07, 6.45) is 0.0613. The zero-order valence-electron chi connectivity index (χ0n) is 19.2. The van der Waals surface area contributed by atoms with E-state index < -0.39 is 65.1 Å². The molecule has 1 unspecified atom stereocenters. The van der Waals surface area contributed by atoms with Gasteiger partial charge in [-0.1, -0.05) is 11.6 Å². The molecule has 2 aliphatic rings. The fraction of sp³-hybridized carbons (Fsp3) is 0.333. The molecule has 2 aromatic carbocycles. The monoisotopic (exact) mass is 570 g/mol. The SMILES string of the molecule is O=S(=O)(CC[C@@H]1OCC[C@@]2(S(=O)(=O)c3ccc(Cl)cc3)c3c(F)ccc(F)c3OCC12)c1cccnn1. The Morgan fingerprint density at radius 1 is 1.03 bits per heavy atom. The van der Waals surface area contributed by atoms with Gasteiger partial charge in [-0.3, -0.25) is 0 Å². The first kappa shape index (κ1) is 26.0.